The molecule has 1 amide bonds. The topological polar surface area (TPSA) is 57.6 Å². The first-order valence-electron chi connectivity index (χ1n) is 7.26. The zero-order chi connectivity index (χ0) is 14.1. The molecule has 0 bridgehead atoms. The van der Waals surface area contributed by atoms with Crippen LogP contribution in [-0.2, 0) is 16.0 Å². The molecule has 0 saturated carbocycles. The van der Waals surface area contributed by atoms with E-state index in [1.54, 1.807) is 4.90 Å². The van der Waals surface area contributed by atoms with Crippen molar-refractivity contribution in [1.29, 1.82) is 0 Å². The monoisotopic (exact) mass is 273 g/mol. The van der Waals surface area contributed by atoms with E-state index in [2.05, 4.69) is 6.07 Å². The van der Waals surface area contributed by atoms with Crippen LogP contribution in [0.5, 0.6) is 0 Å². The molecule has 2 unspecified atom stereocenters. The minimum atomic E-state index is -0.788. The minimum Gasteiger partial charge on any atom is -0.481 e. The summed E-state index contributed by atoms with van der Waals surface area (Å²) in [6, 6.07) is 8.14. The van der Waals surface area contributed by atoms with Crippen LogP contribution in [0.4, 0.5) is 0 Å². The summed E-state index contributed by atoms with van der Waals surface area (Å²) in [6.45, 7) is 0.946. The molecule has 3 rings (SSSR count). The first-order chi connectivity index (χ1) is 9.66. The summed E-state index contributed by atoms with van der Waals surface area (Å²) in [7, 11) is 0. The molecule has 1 aromatic rings. The Labute approximate surface area is 118 Å². The molecule has 0 radical (unpaired) electrons. The standard InChI is InChI=1S/C16H19NO3/c18-15(17-9-8-12(10-17)16(19)20)14-7-3-5-11-4-1-2-6-13(11)14/h1-2,4,6,12,14H,3,5,7-10H2,(H,19,20). The molecule has 1 aliphatic carbocycles. The number of likely N-dealkylation sites (tertiary alicyclic amines) is 1. The molecule has 1 fully saturated rings. The van der Waals surface area contributed by atoms with Crippen molar-refractivity contribution in [2.45, 2.75) is 31.6 Å². The second-order valence-corrected chi connectivity index (χ2v) is 5.75. The predicted octanol–water partition coefficient (Wildman–Crippen LogP) is 2.04. The highest BCUT2D eigenvalue weighted by Crippen LogP contribution is 2.34. The summed E-state index contributed by atoms with van der Waals surface area (Å²) >= 11 is 0. The molecule has 4 nitrogen and oxygen atoms in total. The number of benzene rings is 1. The van der Waals surface area contributed by atoms with E-state index in [0.29, 0.717) is 19.5 Å². The maximum absolute atomic E-state index is 12.7. The van der Waals surface area contributed by atoms with E-state index >= 15 is 0 Å². The van der Waals surface area contributed by atoms with Crippen molar-refractivity contribution in [3.05, 3.63) is 35.4 Å². The van der Waals surface area contributed by atoms with Gasteiger partial charge in [-0.15, -0.1) is 0 Å². The molecule has 0 spiro atoms. The molecule has 1 aliphatic heterocycles. The van der Waals surface area contributed by atoms with E-state index in [1.165, 1.54) is 5.56 Å². The van der Waals surface area contributed by atoms with E-state index in [0.717, 1.165) is 24.8 Å². The van der Waals surface area contributed by atoms with Crippen LogP contribution in [0.3, 0.4) is 0 Å². The van der Waals surface area contributed by atoms with Gasteiger partial charge in [0, 0.05) is 13.1 Å². The van der Waals surface area contributed by atoms with Crippen molar-refractivity contribution in [3.8, 4) is 0 Å². The lowest BCUT2D eigenvalue weighted by atomic mass is 9.82. The van der Waals surface area contributed by atoms with Gasteiger partial charge in [-0.2, -0.15) is 0 Å². The van der Waals surface area contributed by atoms with Gasteiger partial charge in [0.1, 0.15) is 0 Å². The Morgan fingerprint density at radius 2 is 2.00 bits per heavy atom. The highest BCUT2D eigenvalue weighted by atomic mass is 16.4. The number of carboxylic acids is 1. The van der Waals surface area contributed by atoms with E-state index in [-0.39, 0.29) is 11.8 Å². The number of fused-ring (bicyclic) bond motifs is 1. The Balaban J connectivity index is 1.78. The van der Waals surface area contributed by atoms with Gasteiger partial charge in [0.2, 0.25) is 5.91 Å². The number of amides is 1. The van der Waals surface area contributed by atoms with Gasteiger partial charge in [-0.05, 0) is 36.8 Å². The lowest BCUT2D eigenvalue weighted by Crippen LogP contribution is -2.35. The zero-order valence-electron chi connectivity index (χ0n) is 11.4. The Hall–Kier alpha value is -1.84. The number of carbonyl (C=O) groups excluding carboxylic acids is 1. The fourth-order valence-electron chi connectivity index (χ4n) is 3.39. The summed E-state index contributed by atoms with van der Waals surface area (Å²) in [5.74, 6) is -1.14. The highest BCUT2D eigenvalue weighted by molar-refractivity contribution is 5.85. The van der Waals surface area contributed by atoms with Crippen molar-refractivity contribution in [1.82, 2.24) is 4.90 Å². The third-order valence-corrected chi connectivity index (χ3v) is 4.52. The molecular formula is C16H19NO3. The predicted molar refractivity (Wildman–Crippen MR) is 74.4 cm³/mol. The molecule has 20 heavy (non-hydrogen) atoms. The third kappa shape index (κ3) is 2.30. The Kier molecular flexibility index (Phi) is 3.47. The molecule has 106 valence electrons. The lowest BCUT2D eigenvalue weighted by molar-refractivity contribution is -0.141. The Morgan fingerprint density at radius 1 is 1.20 bits per heavy atom. The maximum Gasteiger partial charge on any atom is 0.308 e. The highest BCUT2D eigenvalue weighted by Gasteiger charge is 2.35. The number of hydrogen-bond acceptors (Lipinski definition) is 2. The van der Waals surface area contributed by atoms with Crippen molar-refractivity contribution < 1.29 is 14.7 Å². The van der Waals surface area contributed by atoms with Gasteiger partial charge in [0.05, 0.1) is 11.8 Å². The Bertz CT molecular complexity index is 540. The van der Waals surface area contributed by atoms with Crippen LogP contribution in [0.2, 0.25) is 0 Å². The van der Waals surface area contributed by atoms with Gasteiger partial charge in [-0.3, -0.25) is 9.59 Å². The van der Waals surface area contributed by atoms with Gasteiger partial charge < -0.3 is 10.0 Å². The number of carbonyl (C=O) groups is 2. The molecule has 1 saturated heterocycles. The second-order valence-electron chi connectivity index (χ2n) is 5.75. The number of nitrogens with zero attached hydrogens (tertiary/aromatic N) is 1. The molecule has 0 aromatic heterocycles. The van der Waals surface area contributed by atoms with Crippen molar-refractivity contribution in [2.75, 3.05) is 13.1 Å². The SMILES string of the molecule is O=C(O)C1CCN(C(=O)C2CCCc3ccccc32)C1. The van der Waals surface area contributed by atoms with Gasteiger partial charge in [0.15, 0.2) is 0 Å². The molecule has 2 atom stereocenters. The van der Waals surface area contributed by atoms with Crippen LogP contribution in [-0.4, -0.2) is 35.0 Å². The van der Waals surface area contributed by atoms with Crippen molar-refractivity contribution in [2.24, 2.45) is 5.92 Å². The molecule has 1 heterocycles. The number of aryl methyl sites for hydroxylation is 1. The van der Waals surface area contributed by atoms with Gasteiger partial charge in [-0.1, -0.05) is 24.3 Å². The van der Waals surface area contributed by atoms with Crippen LogP contribution in [0.25, 0.3) is 0 Å². The first kappa shape index (κ1) is 13.2. The fourth-order valence-corrected chi connectivity index (χ4v) is 3.39. The van der Waals surface area contributed by atoms with Crippen molar-refractivity contribution in [3.63, 3.8) is 0 Å². The van der Waals surface area contributed by atoms with E-state index < -0.39 is 11.9 Å². The van der Waals surface area contributed by atoms with Crippen LogP contribution in [0, 0.1) is 5.92 Å². The van der Waals surface area contributed by atoms with Gasteiger partial charge in [-0.25, -0.2) is 0 Å². The van der Waals surface area contributed by atoms with E-state index in [4.69, 9.17) is 5.11 Å². The summed E-state index contributed by atoms with van der Waals surface area (Å²) in [5, 5.41) is 9.04. The van der Waals surface area contributed by atoms with Crippen LogP contribution in [0.15, 0.2) is 24.3 Å². The van der Waals surface area contributed by atoms with Crippen LogP contribution in [0.1, 0.15) is 36.3 Å². The third-order valence-electron chi connectivity index (χ3n) is 4.52. The number of carboxylic acid groups (broad SMARTS) is 1. The average Bonchev–Trinajstić information content (AvgIpc) is 2.96. The number of hydrogen-bond donors (Lipinski definition) is 1. The molecule has 4 heteroatoms. The molecular weight excluding hydrogens is 254 g/mol. The van der Waals surface area contributed by atoms with Crippen LogP contribution >= 0.6 is 0 Å². The quantitative estimate of drug-likeness (QED) is 0.897. The minimum absolute atomic E-state index is 0.0764. The van der Waals surface area contributed by atoms with E-state index in [9.17, 15) is 9.59 Å². The Morgan fingerprint density at radius 3 is 2.75 bits per heavy atom. The molecule has 2 aliphatic rings. The summed E-state index contributed by atoms with van der Waals surface area (Å²) in [5.41, 5.74) is 2.41. The summed E-state index contributed by atoms with van der Waals surface area (Å²) < 4.78 is 0. The average molecular weight is 273 g/mol. The number of aliphatic carboxylic acids is 1. The first-order valence-corrected chi connectivity index (χ1v) is 7.26. The smallest absolute Gasteiger partial charge is 0.308 e. The lowest BCUT2D eigenvalue weighted by Gasteiger charge is -2.28. The normalized spacial score (nSPS) is 25.3. The second kappa shape index (κ2) is 5.27. The molecule has 1 N–H and O–H groups in total. The van der Waals surface area contributed by atoms with Gasteiger partial charge in [0.25, 0.3) is 0 Å². The summed E-state index contributed by atoms with van der Waals surface area (Å²) in [6.07, 6.45) is 3.53. The van der Waals surface area contributed by atoms with Gasteiger partial charge >= 0.3 is 5.97 Å². The van der Waals surface area contributed by atoms with Crippen molar-refractivity contribution >= 4 is 11.9 Å². The van der Waals surface area contributed by atoms with E-state index in [1.807, 2.05) is 18.2 Å². The fraction of sp³-hybridized carbons (Fsp3) is 0.500. The summed E-state index contributed by atoms with van der Waals surface area (Å²) in [4.78, 5) is 25.4. The van der Waals surface area contributed by atoms with Crippen LogP contribution < -0.4 is 0 Å². The largest absolute Gasteiger partial charge is 0.481 e. The zero-order valence-corrected chi connectivity index (χ0v) is 11.4. The number of rotatable bonds is 2. The molecule has 1 aromatic carbocycles. The maximum atomic E-state index is 12.7.